The predicted molar refractivity (Wildman–Crippen MR) is 85.2 cm³/mol. The molecule has 9 nitrogen and oxygen atoms in total. The number of carbonyl (C=O) groups is 1. The summed E-state index contributed by atoms with van der Waals surface area (Å²) < 4.78 is 9.78. The number of methoxy groups -OCH3 is 1. The Labute approximate surface area is 135 Å². The van der Waals surface area contributed by atoms with E-state index in [0.29, 0.717) is 11.4 Å². The minimum absolute atomic E-state index is 0.129. The van der Waals surface area contributed by atoms with Crippen LogP contribution >= 0.6 is 12.2 Å². The number of hydrazine groups is 1. The first-order valence-electron chi connectivity index (χ1n) is 6.25. The van der Waals surface area contributed by atoms with Crippen molar-refractivity contribution in [3.05, 3.63) is 52.3 Å². The SMILES string of the molecule is COc1ccc(NC(=S)NNC(=O)c2ccc([N+](=O)[O-])o2)cc1. The molecule has 23 heavy (non-hydrogen) atoms. The third-order valence-corrected chi connectivity index (χ3v) is 2.84. The van der Waals surface area contributed by atoms with Crippen LogP contribution in [0.2, 0.25) is 0 Å². The van der Waals surface area contributed by atoms with Crippen molar-refractivity contribution in [1.82, 2.24) is 10.9 Å². The summed E-state index contributed by atoms with van der Waals surface area (Å²) in [6.45, 7) is 0. The van der Waals surface area contributed by atoms with Crippen molar-refractivity contribution in [2.45, 2.75) is 0 Å². The third-order valence-electron chi connectivity index (χ3n) is 2.63. The molecule has 0 fully saturated rings. The zero-order valence-electron chi connectivity index (χ0n) is 11.9. The molecule has 0 bridgehead atoms. The Kier molecular flexibility index (Phi) is 5.10. The van der Waals surface area contributed by atoms with Crippen LogP contribution in [-0.4, -0.2) is 23.1 Å². The molecule has 2 rings (SSSR count). The van der Waals surface area contributed by atoms with Crippen molar-refractivity contribution < 1.29 is 18.9 Å². The van der Waals surface area contributed by atoms with Crippen molar-refractivity contribution >= 4 is 34.8 Å². The maximum Gasteiger partial charge on any atom is 0.433 e. The predicted octanol–water partition coefficient (Wildman–Crippen LogP) is 1.83. The first-order chi connectivity index (χ1) is 11.0. The minimum atomic E-state index is -0.736. The standard InChI is InChI=1S/C13H12N4O5S/c1-21-9-4-2-8(3-5-9)14-13(23)16-15-12(18)10-6-7-11(22-10)17(19)20/h2-7H,1H3,(H,15,18)(H2,14,16,23). The van der Waals surface area contributed by atoms with Crippen LogP contribution < -0.4 is 20.9 Å². The van der Waals surface area contributed by atoms with E-state index in [0.717, 1.165) is 6.07 Å². The fourth-order valence-electron chi connectivity index (χ4n) is 1.56. The van der Waals surface area contributed by atoms with Gasteiger partial charge in [-0.15, -0.1) is 0 Å². The van der Waals surface area contributed by atoms with E-state index >= 15 is 0 Å². The monoisotopic (exact) mass is 336 g/mol. The largest absolute Gasteiger partial charge is 0.497 e. The number of amides is 1. The molecule has 1 aromatic heterocycles. The Morgan fingerprint density at radius 2 is 1.91 bits per heavy atom. The van der Waals surface area contributed by atoms with Gasteiger partial charge >= 0.3 is 11.8 Å². The van der Waals surface area contributed by atoms with Gasteiger partial charge in [-0.1, -0.05) is 0 Å². The lowest BCUT2D eigenvalue weighted by atomic mass is 10.3. The van der Waals surface area contributed by atoms with Crippen molar-refractivity contribution in [1.29, 1.82) is 0 Å². The van der Waals surface area contributed by atoms with Gasteiger partial charge in [0.15, 0.2) is 5.11 Å². The van der Waals surface area contributed by atoms with E-state index in [-0.39, 0.29) is 10.9 Å². The molecule has 0 radical (unpaired) electrons. The molecule has 0 aliphatic carbocycles. The van der Waals surface area contributed by atoms with Crippen LogP contribution in [0.25, 0.3) is 0 Å². The van der Waals surface area contributed by atoms with E-state index in [9.17, 15) is 14.9 Å². The molecule has 0 saturated carbocycles. The Bertz CT molecular complexity index is 728. The number of hydrogen-bond acceptors (Lipinski definition) is 6. The number of nitrogens with one attached hydrogen (secondary N) is 3. The maximum atomic E-state index is 11.7. The number of rotatable bonds is 4. The highest BCUT2D eigenvalue weighted by Crippen LogP contribution is 2.16. The minimum Gasteiger partial charge on any atom is -0.497 e. The normalized spacial score (nSPS) is 9.78. The van der Waals surface area contributed by atoms with Gasteiger partial charge in [0.1, 0.15) is 10.7 Å². The molecule has 1 heterocycles. The Balaban J connectivity index is 1.85. The van der Waals surface area contributed by atoms with Gasteiger partial charge in [-0.25, -0.2) is 0 Å². The smallest absolute Gasteiger partial charge is 0.433 e. The molecular weight excluding hydrogens is 324 g/mol. The number of benzene rings is 1. The van der Waals surface area contributed by atoms with Crippen molar-refractivity contribution in [3.8, 4) is 5.75 Å². The molecule has 2 aromatic rings. The molecule has 1 amide bonds. The average Bonchev–Trinajstić information content (AvgIpc) is 3.03. The molecule has 0 aliphatic rings. The van der Waals surface area contributed by atoms with Gasteiger partial charge in [0.05, 0.1) is 13.2 Å². The van der Waals surface area contributed by atoms with Gasteiger partial charge in [-0.05, 0) is 42.5 Å². The Hall–Kier alpha value is -3.14. The number of thiocarbonyl (C=S) groups is 1. The highest BCUT2D eigenvalue weighted by atomic mass is 32.1. The number of anilines is 1. The molecular formula is C13H12N4O5S. The van der Waals surface area contributed by atoms with Crippen LogP contribution in [0.15, 0.2) is 40.8 Å². The van der Waals surface area contributed by atoms with Crippen LogP contribution in [0.4, 0.5) is 11.6 Å². The Morgan fingerprint density at radius 3 is 2.48 bits per heavy atom. The number of ether oxygens (including phenoxy) is 1. The summed E-state index contributed by atoms with van der Waals surface area (Å²) in [7, 11) is 1.56. The number of carbonyl (C=O) groups excluding carboxylic acids is 1. The second kappa shape index (κ2) is 7.22. The number of hydrogen-bond donors (Lipinski definition) is 3. The summed E-state index contributed by atoms with van der Waals surface area (Å²) in [6.07, 6.45) is 0. The average molecular weight is 336 g/mol. The van der Waals surface area contributed by atoms with E-state index in [1.807, 2.05) is 0 Å². The zero-order chi connectivity index (χ0) is 16.8. The van der Waals surface area contributed by atoms with Crippen molar-refractivity contribution in [2.24, 2.45) is 0 Å². The van der Waals surface area contributed by atoms with Gasteiger partial charge in [0.25, 0.3) is 0 Å². The van der Waals surface area contributed by atoms with Crippen LogP contribution in [0, 0.1) is 10.1 Å². The molecule has 0 unspecified atom stereocenters. The van der Waals surface area contributed by atoms with Crippen LogP contribution in [-0.2, 0) is 0 Å². The molecule has 0 saturated heterocycles. The molecule has 1 aromatic carbocycles. The topological polar surface area (TPSA) is 119 Å². The van der Waals surface area contributed by atoms with E-state index in [4.69, 9.17) is 21.4 Å². The summed E-state index contributed by atoms with van der Waals surface area (Å²) in [5.41, 5.74) is 5.40. The number of furan rings is 1. The molecule has 0 atom stereocenters. The lowest BCUT2D eigenvalue weighted by Crippen LogP contribution is -2.43. The number of nitrogens with zero attached hydrogens (tertiary/aromatic N) is 1. The molecule has 10 heteroatoms. The highest BCUT2D eigenvalue weighted by Gasteiger charge is 2.17. The Morgan fingerprint density at radius 1 is 1.22 bits per heavy atom. The number of nitro groups is 1. The van der Waals surface area contributed by atoms with Gasteiger partial charge in [-0.2, -0.15) is 0 Å². The van der Waals surface area contributed by atoms with Gasteiger partial charge in [0, 0.05) is 5.69 Å². The third kappa shape index (κ3) is 4.41. The maximum absolute atomic E-state index is 11.7. The highest BCUT2D eigenvalue weighted by molar-refractivity contribution is 7.80. The first kappa shape index (κ1) is 16.2. The van der Waals surface area contributed by atoms with Crippen molar-refractivity contribution in [3.63, 3.8) is 0 Å². The summed E-state index contributed by atoms with van der Waals surface area (Å²) >= 11 is 5.01. The van der Waals surface area contributed by atoms with Gasteiger partial charge in [-0.3, -0.25) is 25.8 Å². The van der Waals surface area contributed by atoms with Crippen LogP contribution in [0.3, 0.4) is 0 Å². The van der Waals surface area contributed by atoms with E-state index in [2.05, 4.69) is 16.2 Å². The van der Waals surface area contributed by atoms with Gasteiger partial charge < -0.3 is 14.5 Å². The van der Waals surface area contributed by atoms with Crippen molar-refractivity contribution in [2.75, 3.05) is 12.4 Å². The summed E-state index contributed by atoms with van der Waals surface area (Å²) in [6, 6.07) is 9.24. The second-order valence-electron chi connectivity index (χ2n) is 4.16. The molecule has 3 N–H and O–H groups in total. The second-order valence-corrected chi connectivity index (χ2v) is 4.56. The van der Waals surface area contributed by atoms with Gasteiger partial charge in [0.2, 0.25) is 5.76 Å². The zero-order valence-corrected chi connectivity index (χ0v) is 12.7. The molecule has 120 valence electrons. The molecule has 0 spiro atoms. The first-order valence-corrected chi connectivity index (χ1v) is 6.66. The lowest BCUT2D eigenvalue weighted by Gasteiger charge is -2.11. The van der Waals surface area contributed by atoms with E-state index in [1.165, 1.54) is 6.07 Å². The van der Waals surface area contributed by atoms with Crippen LogP contribution in [0.1, 0.15) is 10.6 Å². The quantitative estimate of drug-likeness (QED) is 0.439. The summed E-state index contributed by atoms with van der Waals surface area (Å²) in [5.74, 6) is -0.732. The fourth-order valence-corrected chi connectivity index (χ4v) is 1.73. The molecule has 0 aliphatic heterocycles. The fraction of sp³-hybridized carbons (Fsp3) is 0.0769. The lowest BCUT2D eigenvalue weighted by molar-refractivity contribution is -0.402. The summed E-state index contributed by atoms with van der Waals surface area (Å²) in [4.78, 5) is 21.5. The van der Waals surface area contributed by atoms with E-state index < -0.39 is 16.7 Å². The van der Waals surface area contributed by atoms with E-state index in [1.54, 1.807) is 31.4 Å². The summed E-state index contributed by atoms with van der Waals surface area (Å²) in [5, 5.41) is 13.4. The van der Waals surface area contributed by atoms with Crippen LogP contribution in [0.5, 0.6) is 5.75 Å².